The van der Waals surface area contributed by atoms with Gasteiger partial charge in [-0.25, -0.2) is 0 Å². The molecule has 25 heavy (non-hydrogen) atoms. The van der Waals surface area contributed by atoms with Crippen LogP contribution in [0.15, 0.2) is 36.5 Å². The van der Waals surface area contributed by atoms with Gasteiger partial charge in [-0.05, 0) is 18.9 Å². The molecule has 2 atom stereocenters. The number of aromatic nitrogens is 3. The number of aryl methyl sites for hydroxylation is 1. The second-order valence-electron chi connectivity index (χ2n) is 6.34. The van der Waals surface area contributed by atoms with Crippen molar-refractivity contribution in [2.24, 2.45) is 0 Å². The van der Waals surface area contributed by atoms with Crippen LogP contribution in [-0.2, 0) is 22.7 Å². The molecule has 0 aliphatic heterocycles. The van der Waals surface area contributed by atoms with Gasteiger partial charge in [-0.1, -0.05) is 48.9 Å². The maximum atomic E-state index is 11.7. The average molecular weight is 344 g/mol. The van der Waals surface area contributed by atoms with Gasteiger partial charge in [0.2, 0.25) is 5.91 Å². The largest absolute Gasteiger partial charge is 0.365 e. The molecule has 6 heteroatoms. The third-order valence-corrected chi connectivity index (χ3v) is 4.41. The van der Waals surface area contributed by atoms with Crippen LogP contribution in [0.4, 0.5) is 0 Å². The fourth-order valence-corrected chi connectivity index (χ4v) is 2.66. The number of nitrogens with zero attached hydrogens (tertiary/aromatic N) is 4. The van der Waals surface area contributed by atoms with Crippen LogP contribution >= 0.6 is 0 Å². The van der Waals surface area contributed by atoms with Gasteiger partial charge in [0.15, 0.2) is 0 Å². The number of hydrogen-bond acceptors (Lipinski definition) is 4. The third-order valence-electron chi connectivity index (χ3n) is 4.41. The Morgan fingerprint density at radius 3 is 2.68 bits per heavy atom. The molecule has 136 valence electrons. The molecule has 0 saturated carbocycles. The summed E-state index contributed by atoms with van der Waals surface area (Å²) >= 11 is 0. The first-order chi connectivity index (χ1) is 12.0. The maximum absolute atomic E-state index is 11.7. The second-order valence-corrected chi connectivity index (χ2v) is 6.34. The molecule has 1 amide bonds. The number of benzene rings is 1. The molecule has 0 unspecified atom stereocenters. The zero-order chi connectivity index (χ0) is 18.2. The molecule has 2 aromatic rings. The van der Waals surface area contributed by atoms with E-state index in [0.29, 0.717) is 6.61 Å². The zero-order valence-electron chi connectivity index (χ0n) is 15.6. The molecule has 1 aromatic carbocycles. The first-order valence-corrected chi connectivity index (χ1v) is 8.81. The minimum Gasteiger partial charge on any atom is -0.365 e. The number of carbonyl (C=O) groups excluding carboxylic acids is 1. The summed E-state index contributed by atoms with van der Waals surface area (Å²) in [7, 11) is 1.80. The Labute approximate surface area is 149 Å². The van der Waals surface area contributed by atoms with Crippen molar-refractivity contribution in [1.29, 1.82) is 0 Å². The van der Waals surface area contributed by atoms with Crippen molar-refractivity contribution in [1.82, 2.24) is 19.9 Å². The van der Waals surface area contributed by atoms with Gasteiger partial charge in [0.25, 0.3) is 0 Å². The van der Waals surface area contributed by atoms with E-state index in [1.165, 1.54) is 0 Å². The van der Waals surface area contributed by atoms with Gasteiger partial charge in [0, 0.05) is 20.5 Å². The Morgan fingerprint density at radius 1 is 1.32 bits per heavy atom. The Balaban J connectivity index is 2.08. The number of amides is 1. The predicted molar refractivity (Wildman–Crippen MR) is 96.8 cm³/mol. The van der Waals surface area contributed by atoms with Crippen molar-refractivity contribution in [2.75, 3.05) is 7.05 Å². The molecule has 1 aromatic heterocycles. The number of rotatable bonds is 9. The SMILES string of the molecule is CCCCn1cc(CO[C@H](c2ccccc2)[C@H](C)N(C)C(C)=O)nn1. The van der Waals surface area contributed by atoms with Crippen LogP contribution in [-0.4, -0.2) is 38.9 Å². The molecule has 1 heterocycles. The summed E-state index contributed by atoms with van der Waals surface area (Å²) in [5.74, 6) is 0.0162. The highest BCUT2D eigenvalue weighted by Crippen LogP contribution is 2.25. The predicted octanol–water partition coefficient (Wildman–Crippen LogP) is 3.20. The lowest BCUT2D eigenvalue weighted by Gasteiger charge is -2.31. The van der Waals surface area contributed by atoms with Gasteiger partial charge in [0.05, 0.1) is 18.8 Å². The molecule has 2 rings (SSSR count). The molecular weight excluding hydrogens is 316 g/mol. The summed E-state index contributed by atoms with van der Waals surface area (Å²) in [5.41, 5.74) is 1.84. The van der Waals surface area contributed by atoms with Crippen molar-refractivity contribution in [3.63, 3.8) is 0 Å². The highest BCUT2D eigenvalue weighted by molar-refractivity contribution is 5.73. The van der Waals surface area contributed by atoms with Gasteiger partial charge < -0.3 is 9.64 Å². The normalized spacial score (nSPS) is 13.4. The molecule has 0 spiro atoms. The van der Waals surface area contributed by atoms with Crippen LogP contribution in [0.5, 0.6) is 0 Å². The lowest BCUT2D eigenvalue weighted by atomic mass is 10.0. The molecule has 6 nitrogen and oxygen atoms in total. The standard InChI is InChI=1S/C19H28N4O2/c1-5-6-12-23-13-18(20-21-23)14-25-19(15(2)22(4)16(3)24)17-10-8-7-9-11-17/h7-11,13,15,19H,5-6,12,14H2,1-4H3/t15-,19-/m0/s1. The summed E-state index contributed by atoms with van der Waals surface area (Å²) in [6, 6.07) is 9.88. The van der Waals surface area contributed by atoms with Crippen molar-refractivity contribution in [3.05, 3.63) is 47.8 Å². The highest BCUT2D eigenvalue weighted by atomic mass is 16.5. The smallest absolute Gasteiger partial charge is 0.219 e. The topological polar surface area (TPSA) is 60.2 Å². The summed E-state index contributed by atoms with van der Waals surface area (Å²) in [6.45, 7) is 6.95. The Morgan fingerprint density at radius 2 is 2.04 bits per heavy atom. The minimum atomic E-state index is -0.226. The summed E-state index contributed by atoms with van der Waals surface area (Å²) < 4.78 is 8.01. The molecular formula is C19H28N4O2. The van der Waals surface area contributed by atoms with Gasteiger partial charge in [0.1, 0.15) is 11.8 Å². The fraction of sp³-hybridized carbons (Fsp3) is 0.526. The maximum Gasteiger partial charge on any atom is 0.219 e. The highest BCUT2D eigenvalue weighted by Gasteiger charge is 2.25. The van der Waals surface area contributed by atoms with E-state index in [1.807, 2.05) is 48.1 Å². The van der Waals surface area contributed by atoms with Crippen molar-refractivity contribution in [2.45, 2.75) is 58.9 Å². The van der Waals surface area contributed by atoms with Gasteiger partial charge in [-0.3, -0.25) is 9.48 Å². The van der Waals surface area contributed by atoms with Crippen LogP contribution < -0.4 is 0 Å². The third kappa shape index (κ3) is 5.39. The molecule has 0 fully saturated rings. The van der Waals surface area contributed by atoms with E-state index < -0.39 is 0 Å². The number of hydrogen-bond donors (Lipinski definition) is 0. The zero-order valence-corrected chi connectivity index (χ0v) is 15.6. The first-order valence-electron chi connectivity index (χ1n) is 8.81. The molecule has 0 N–H and O–H groups in total. The summed E-state index contributed by atoms with van der Waals surface area (Å²) in [6.07, 6.45) is 3.90. The average Bonchev–Trinajstić information content (AvgIpc) is 3.08. The molecule has 0 bridgehead atoms. The van der Waals surface area contributed by atoms with E-state index in [-0.39, 0.29) is 18.1 Å². The number of carbonyl (C=O) groups is 1. The van der Waals surface area contributed by atoms with E-state index in [2.05, 4.69) is 17.2 Å². The molecule has 0 aliphatic carbocycles. The van der Waals surface area contributed by atoms with Crippen LogP contribution in [0, 0.1) is 0 Å². The van der Waals surface area contributed by atoms with E-state index in [1.54, 1.807) is 18.9 Å². The number of unbranched alkanes of at least 4 members (excludes halogenated alkanes) is 1. The van der Waals surface area contributed by atoms with Crippen LogP contribution in [0.3, 0.4) is 0 Å². The first kappa shape index (κ1) is 19.1. The van der Waals surface area contributed by atoms with E-state index >= 15 is 0 Å². The van der Waals surface area contributed by atoms with Gasteiger partial charge >= 0.3 is 0 Å². The number of ether oxygens (including phenoxy) is 1. The Hall–Kier alpha value is -2.21. The van der Waals surface area contributed by atoms with Gasteiger partial charge in [-0.15, -0.1) is 5.10 Å². The monoisotopic (exact) mass is 344 g/mol. The fourth-order valence-electron chi connectivity index (χ4n) is 2.66. The van der Waals surface area contributed by atoms with Crippen LogP contribution in [0.1, 0.15) is 51.0 Å². The van der Waals surface area contributed by atoms with E-state index in [0.717, 1.165) is 30.6 Å². The minimum absolute atomic E-state index is 0.0162. The molecule has 0 aliphatic rings. The summed E-state index contributed by atoms with van der Waals surface area (Å²) in [5, 5.41) is 8.32. The van der Waals surface area contributed by atoms with Gasteiger partial charge in [-0.2, -0.15) is 0 Å². The number of likely N-dealkylation sites (N-methyl/N-ethyl adjacent to an activating group) is 1. The van der Waals surface area contributed by atoms with Crippen LogP contribution in [0.2, 0.25) is 0 Å². The lowest BCUT2D eigenvalue weighted by molar-refractivity contribution is -0.133. The Bertz CT molecular complexity index is 656. The molecule has 0 radical (unpaired) electrons. The summed E-state index contributed by atoms with van der Waals surface area (Å²) in [4.78, 5) is 13.4. The van der Waals surface area contributed by atoms with Crippen molar-refractivity contribution >= 4 is 5.91 Å². The van der Waals surface area contributed by atoms with E-state index in [4.69, 9.17) is 4.74 Å². The second kappa shape index (κ2) is 9.32. The molecule has 0 saturated heterocycles. The van der Waals surface area contributed by atoms with Crippen molar-refractivity contribution in [3.8, 4) is 0 Å². The quantitative estimate of drug-likeness (QED) is 0.701. The lowest BCUT2D eigenvalue weighted by Crippen LogP contribution is -2.38. The van der Waals surface area contributed by atoms with Crippen LogP contribution in [0.25, 0.3) is 0 Å². The van der Waals surface area contributed by atoms with E-state index in [9.17, 15) is 4.79 Å². The Kier molecular flexibility index (Phi) is 7.13. The van der Waals surface area contributed by atoms with Crippen molar-refractivity contribution < 1.29 is 9.53 Å².